The quantitative estimate of drug-likeness (QED) is 0.670. The van der Waals surface area contributed by atoms with Crippen LogP contribution in [0.1, 0.15) is 26.7 Å². The smallest absolute Gasteiger partial charge is 0.308 e. The monoisotopic (exact) mass is 202 g/mol. The largest absolute Gasteiger partial charge is 0.469 e. The second kappa shape index (κ2) is 4.75. The van der Waals surface area contributed by atoms with E-state index < -0.39 is 6.10 Å². The third-order valence-corrected chi connectivity index (χ3v) is 2.73. The Morgan fingerprint density at radius 3 is 2.71 bits per heavy atom. The number of methoxy groups -OCH3 is 1. The molecule has 4 heteroatoms. The summed E-state index contributed by atoms with van der Waals surface area (Å²) < 4.78 is 10.1. The average molecular weight is 202 g/mol. The van der Waals surface area contributed by atoms with Crippen molar-refractivity contribution in [2.45, 2.75) is 45.0 Å². The highest BCUT2D eigenvalue weighted by molar-refractivity contribution is 5.69. The van der Waals surface area contributed by atoms with E-state index in [1.54, 1.807) is 0 Å². The molecule has 0 bridgehead atoms. The summed E-state index contributed by atoms with van der Waals surface area (Å²) in [5.74, 6) is -0.0841. The van der Waals surface area contributed by atoms with Gasteiger partial charge in [0.25, 0.3) is 0 Å². The predicted molar refractivity (Wildman–Crippen MR) is 50.8 cm³/mol. The second-order valence-corrected chi connectivity index (χ2v) is 3.95. The van der Waals surface area contributed by atoms with Crippen LogP contribution in [-0.2, 0) is 14.3 Å². The normalized spacial score (nSPS) is 38.0. The van der Waals surface area contributed by atoms with Gasteiger partial charge in [-0.1, -0.05) is 6.92 Å². The molecule has 0 radical (unpaired) electrons. The van der Waals surface area contributed by atoms with Gasteiger partial charge in [-0.15, -0.1) is 0 Å². The summed E-state index contributed by atoms with van der Waals surface area (Å²) in [4.78, 5) is 11.0. The zero-order valence-electron chi connectivity index (χ0n) is 8.90. The van der Waals surface area contributed by atoms with Crippen LogP contribution in [0.5, 0.6) is 0 Å². The molecule has 0 unspecified atom stereocenters. The Hall–Kier alpha value is -0.610. The number of carbonyl (C=O) groups excluding carboxylic acids is 1. The van der Waals surface area contributed by atoms with Gasteiger partial charge in [0.1, 0.15) is 0 Å². The average Bonchev–Trinajstić information content (AvgIpc) is 2.14. The first-order valence-electron chi connectivity index (χ1n) is 4.95. The summed E-state index contributed by atoms with van der Waals surface area (Å²) >= 11 is 0. The lowest BCUT2D eigenvalue weighted by atomic mass is 9.90. The lowest BCUT2D eigenvalue weighted by Gasteiger charge is -2.36. The van der Waals surface area contributed by atoms with Crippen molar-refractivity contribution in [3.63, 3.8) is 0 Å². The van der Waals surface area contributed by atoms with Gasteiger partial charge in [-0.2, -0.15) is 0 Å². The van der Waals surface area contributed by atoms with E-state index in [0.29, 0.717) is 6.42 Å². The summed E-state index contributed by atoms with van der Waals surface area (Å²) in [7, 11) is 1.37. The molecule has 0 aliphatic carbocycles. The molecule has 4 nitrogen and oxygen atoms in total. The highest BCUT2D eigenvalue weighted by atomic mass is 16.5. The predicted octanol–water partition coefficient (Wildman–Crippen LogP) is 0.724. The summed E-state index contributed by atoms with van der Waals surface area (Å²) in [5, 5.41) is 9.61. The molecular formula is C10H18O4. The molecule has 0 saturated carbocycles. The van der Waals surface area contributed by atoms with Gasteiger partial charge < -0.3 is 14.6 Å². The molecular weight excluding hydrogens is 184 g/mol. The van der Waals surface area contributed by atoms with Crippen LogP contribution < -0.4 is 0 Å². The van der Waals surface area contributed by atoms with E-state index in [0.717, 1.165) is 0 Å². The maximum Gasteiger partial charge on any atom is 0.308 e. The van der Waals surface area contributed by atoms with Crippen molar-refractivity contribution >= 4 is 5.97 Å². The first-order chi connectivity index (χ1) is 6.54. The van der Waals surface area contributed by atoms with Crippen LogP contribution in [0.4, 0.5) is 0 Å². The van der Waals surface area contributed by atoms with E-state index in [1.807, 2.05) is 13.8 Å². The molecule has 0 aromatic rings. The molecule has 82 valence electrons. The summed E-state index contributed by atoms with van der Waals surface area (Å²) in [6.07, 6.45) is 0.242. The number of hydrogen-bond donors (Lipinski definition) is 1. The fraction of sp³-hybridized carbons (Fsp3) is 0.900. The van der Waals surface area contributed by atoms with E-state index in [1.165, 1.54) is 7.11 Å². The van der Waals surface area contributed by atoms with Crippen LogP contribution in [0.15, 0.2) is 0 Å². The SMILES string of the molecule is COC(=O)C[C@@H]1C[C@H](C)[C@@H](O)[C@H](C)O1. The standard InChI is InChI=1S/C10H18O4/c1-6-4-8(5-9(11)13-3)14-7(2)10(6)12/h6-8,10,12H,4-5H2,1-3H3/t6-,7-,8-,10+/m0/s1. The Bertz CT molecular complexity index is 192. The van der Waals surface area contributed by atoms with Gasteiger partial charge in [0.15, 0.2) is 0 Å². The molecule has 1 aliphatic heterocycles. The van der Waals surface area contributed by atoms with Gasteiger partial charge >= 0.3 is 5.97 Å². The molecule has 1 aliphatic rings. The van der Waals surface area contributed by atoms with Crippen molar-refractivity contribution in [2.24, 2.45) is 5.92 Å². The zero-order valence-corrected chi connectivity index (χ0v) is 8.90. The minimum atomic E-state index is -0.427. The molecule has 1 rings (SSSR count). The van der Waals surface area contributed by atoms with E-state index in [2.05, 4.69) is 4.74 Å². The Balaban J connectivity index is 2.45. The Morgan fingerprint density at radius 1 is 1.57 bits per heavy atom. The lowest BCUT2D eigenvalue weighted by Crippen LogP contribution is -2.43. The summed E-state index contributed by atoms with van der Waals surface area (Å²) in [5.41, 5.74) is 0. The fourth-order valence-corrected chi connectivity index (χ4v) is 1.86. The number of esters is 1. The molecule has 0 aromatic heterocycles. The maximum atomic E-state index is 11.0. The second-order valence-electron chi connectivity index (χ2n) is 3.95. The van der Waals surface area contributed by atoms with Crippen LogP contribution in [0.3, 0.4) is 0 Å². The zero-order chi connectivity index (χ0) is 10.7. The topological polar surface area (TPSA) is 55.8 Å². The van der Waals surface area contributed by atoms with Gasteiger partial charge in [-0.25, -0.2) is 0 Å². The minimum absolute atomic E-state index is 0.115. The van der Waals surface area contributed by atoms with Gasteiger partial charge in [-0.3, -0.25) is 4.79 Å². The summed E-state index contributed by atoms with van der Waals surface area (Å²) in [6, 6.07) is 0. The Morgan fingerprint density at radius 2 is 2.21 bits per heavy atom. The summed E-state index contributed by atoms with van der Waals surface area (Å²) in [6.45, 7) is 3.79. The van der Waals surface area contributed by atoms with E-state index in [-0.39, 0.29) is 30.5 Å². The molecule has 1 fully saturated rings. The first kappa shape index (κ1) is 11.5. The fourth-order valence-electron chi connectivity index (χ4n) is 1.86. The molecule has 0 aromatic carbocycles. The van der Waals surface area contributed by atoms with Crippen LogP contribution in [0, 0.1) is 5.92 Å². The Kier molecular flexibility index (Phi) is 3.89. The van der Waals surface area contributed by atoms with E-state index >= 15 is 0 Å². The van der Waals surface area contributed by atoms with Gasteiger partial charge in [-0.05, 0) is 19.3 Å². The number of rotatable bonds is 2. The van der Waals surface area contributed by atoms with Crippen molar-refractivity contribution in [3.8, 4) is 0 Å². The molecule has 0 spiro atoms. The van der Waals surface area contributed by atoms with Crippen molar-refractivity contribution in [3.05, 3.63) is 0 Å². The highest BCUT2D eigenvalue weighted by Crippen LogP contribution is 2.26. The molecule has 0 amide bonds. The van der Waals surface area contributed by atoms with Crippen molar-refractivity contribution < 1.29 is 19.4 Å². The molecule has 1 saturated heterocycles. The van der Waals surface area contributed by atoms with Crippen molar-refractivity contribution in [1.29, 1.82) is 0 Å². The van der Waals surface area contributed by atoms with Gasteiger partial charge in [0.2, 0.25) is 0 Å². The Labute approximate surface area is 84.2 Å². The number of ether oxygens (including phenoxy) is 2. The van der Waals surface area contributed by atoms with Crippen LogP contribution in [-0.4, -0.2) is 36.5 Å². The molecule has 14 heavy (non-hydrogen) atoms. The highest BCUT2D eigenvalue weighted by Gasteiger charge is 2.33. The maximum absolute atomic E-state index is 11.0. The number of aliphatic hydroxyl groups excluding tert-OH is 1. The van der Waals surface area contributed by atoms with E-state index in [9.17, 15) is 9.90 Å². The number of aliphatic hydroxyl groups is 1. The van der Waals surface area contributed by atoms with Crippen LogP contribution in [0.25, 0.3) is 0 Å². The van der Waals surface area contributed by atoms with Crippen molar-refractivity contribution in [2.75, 3.05) is 7.11 Å². The van der Waals surface area contributed by atoms with Crippen LogP contribution >= 0.6 is 0 Å². The van der Waals surface area contributed by atoms with Crippen molar-refractivity contribution in [1.82, 2.24) is 0 Å². The molecule has 1 N–H and O–H groups in total. The van der Waals surface area contributed by atoms with E-state index in [4.69, 9.17) is 4.74 Å². The molecule has 4 atom stereocenters. The number of hydrogen-bond acceptors (Lipinski definition) is 4. The van der Waals surface area contributed by atoms with Gasteiger partial charge in [0, 0.05) is 0 Å². The van der Waals surface area contributed by atoms with Crippen LogP contribution in [0.2, 0.25) is 0 Å². The lowest BCUT2D eigenvalue weighted by molar-refractivity contribution is -0.158. The number of carbonyl (C=O) groups is 1. The third-order valence-electron chi connectivity index (χ3n) is 2.73. The first-order valence-corrected chi connectivity index (χ1v) is 4.95. The third kappa shape index (κ3) is 2.69. The molecule has 1 heterocycles. The van der Waals surface area contributed by atoms with Gasteiger partial charge in [0.05, 0.1) is 31.8 Å². The minimum Gasteiger partial charge on any atom is -0.469 e.